The molecule has 0 unspecified atom stereocenters. The molecule has 0 radical (unpaired) electrons. The van der Waals surface area contributed by atoms with Crippen LogP contribution in [0.2, 0.25) is 0 Å². The molecule has 7 nitrogen and oxygen atoms in total. The number of esters is 1. The molecule has 0 saturated carbocycles. The minimum Gasteiger partial charge on any atom is -0.461 e. The summed E-state index contributed by atoms with van der Waals surface area (Å²) in [5, 5.41) is 8.26. The predicted octanol–water partition coefficient (Wildman–Crippen LogP) is 2.33. The Morgan fingerprint density at radius 1 is 1.20 bits per heavy atom. The summed E-state index contributed by atoms with van der Waals surface area (Å²) in [5.41, 5.74) is 0.990. The summed E-state index contributed by atoms with van der Waals surface area (Å²) in [7, 11) is 0. The van der Waals surface area contributed by atoms with E-state index in [0.29, 0.717) is 24.7 Å². The van der Waals surface area contributed by atoms with Crippen LogP contribution in [0.3, 0.4) is 0 Å². The number of hydrogen-bond acceptors (Lipinski definition) is 7. The zero-order chi connectivity index (χ0) is 17.8. The number of hydrogen-bond donors (Lipinski definition) is 0. The molecule has 3 rings (SSSR count). The van der Waals surface area contributed by atoms with Gasteiger partial charge in [-0.05, 0) is 20.8 Å². The fourth-order valence-corrected chi connectivity index (χ4v) is 2.93. The van der Waals surface area contributed by atoms with Crippen molar-refractivity contribution in [3.63, 3.8) is 0 Å². The Hall–Kier alpha value is -2.54. The zero-order valence-corrected chi connectivity index (χ0v) is 14.7. The Morgan fingerprint density at radius 3 is 2.52 bits per heavy atom. The van der Waals surface area contributed by atoms with E-state index >= 15 is 0 Å². The summed E-state index contributed by atoms with van der Waals surface area (Å²) in [6, 6.07) is 9.58. The molecule has 132 valence electrons. The van der Waals surface area contributed by atoms with E-state index in [1.54, 1.807) is 6.92 Å². The Kier molecular flexibility index (Phi) is 5.23. The van der Waals surface area contributed by atoms with E-state index < -0.39 is 5.97 Å². The van der Waals surface area contributed by atoms with Gasteiger partial charge in [-0.3, -0.25) is 0 Å². The maximum Gasteiger partial charge on any atom is 0.362 e. The second kappa shape index (κ2) is 7.57. The summed E-state index contributed by atoms with van der Waals surface area (Å²) in [6.07, 6.45) is 0.0721. The Labute approximate surface area is 147 Å². The van der Waals surface area contributed by atoms with Crippen LogP contribution in [0.4, 0.5) is 5.82 Å². The summed E-state index contributed by atoms with van der Waals surface area (Å²) in [4.78, 5) is 19.0. The Morgan fingerprint density at radius 2 is 1.88 bits per heavy atom. The molecule has 1 fully saturated rings. The molecule has 0 amide bonds. The van der Waals surface area contributed by atoms with Crippen molar-refractivity contribution in [1.82, 2.24) is 15.2 Å². The third kappa shape index (κ3) is 3.93. The number of carbonyl (C=O) groups excluding carboxylic acids is 1. The number of benzene rings is 1. The molecule has 2 heterocycles. The molecule has 0 N–H and O–H groups in total. The standard InChI is InChI=1S/C18H22N4O3/c1-4-24-18(23)15-17(22-10-12(2)25-13(3)11-22)19-16(21-20-15)14-8-6-5-7-9-14/h5-9,12-13H,4,10-11H2,1-3H3/t12-,13-/m0/s1. The van der Waals surface area contributed by atoms with Gasteiger partial charge in [0, 0.05) is 18.7 Å². The first-order valence-corrected chi connectivity index (χ1v) is 8.46. The molecule has 1 aliphatic heterocycles. The minimum atomic E-state index is -0.510. The predicted molar refractivity (Wildman–Crippen MR) is 93.4 cm³/mol. The van der Waals surface area contributed by atoms with Crippen molar-refractivity contribution in [2.45, 2.75) is 33.0 Å². The Balaban J connectivity index is 2.03. The van der Waals surface area contributed by atoms with E-state index in [2.05, 4.69) is 15.2 Å². The lowest BCUT2D eigenvalue weighted by Crippen LogP contribution is -2.46. The van der Waals surface area contributed by atoms with Crippen LogP contribution < -0.4 is 4.90 Å². The van der Waals surface area contributed by atoms with Crippen molar-refractivity contribution in [2.75, 3.05) is 24.6 Å². The van der Waals surface area contributed by atoms with E-state index in [4.69, 9.17) is 9.47 Å². The normalized spacial score (nSPS) is 20.4. The summed E-state index contributed by atoms with van der Waals surface area (Å²) in [5.74, 6) is 0.466. The largest absolute Gasteiger partial charge is 0.461 e. The van der Waals surface area contributed by atoms with E-state index in [-0.39, 0.29) is 24.5 Å². The van der Waals surface area contributed by atoms with Crippen molar-refractivity contribution >= 4 is 11.8 Å². The second-order valence-electron chi connectivity index (χ2n) is 6.06. The molecule has 1 aromatic carbocycles. The number of morpholine rings is 1. The van der Waals surface area contributed by atoms with Crippen molar-refractivity contribution in [3.05, 3.63) is 36.0 Å². The number of ether oxygens (including phenoxy) is 2. The average Bonchev–Trinajstić information content (AvgIpc) is 2.61. The lowest BCUT2D eigenvalue weighted by Gasteiger charge is -2.36. The number of aromatic nitrogens is 3. The molecule has 1 aromatic heterocycles. The van der Waals surface area contributed by atoms with Crippen molar-refractivity contribution < 1.29 is 14.3 Å². The molecule has 0 spiro atoms. The number of anilines is 1. The highest BCUT2D eigenvalue weighted by Crippen LogP contribution is 2.24. The average molecular weight is 342 g/mol. The maximum atomic E-state index is 12.3. The first kappa shape index (κ1) is 17.3. The molecule has 2 atom stereocenters. The van der Waals surface area contributed by atoms with E-state index in [0.717, 1.165) is 5.56 Å². The lowest BCUT2D eigenvalue weighted by molar-refractivity contribution is -0.00564. The molecule has 1 aliphatic rings. The minimum absolute atomic E-state index is 0.0361. The van der Waals surface area contributed by atoms with Gasteiger partial charge in [0.25, 0.3) is 0 Å². The molecular weight excluding hydrogens is 320 g/mol. The number of rotatable bonds is 4. The van der Waals surface area contributed by atoms with Gasteiger partial charge in [0.15, 0.2) is 11.6 Å². The summed E-state index contributed by atoms with van der Waals surface area (Å²) in [6.45, 7) is 7.29. The molecule has 0 aliphatic carbocycles. The first-order valence-electron chi connectivity index (χ1n) is 8.46. The molecule has 2 aromatic rings. The van der Waals surface area contributed by atoms with E-state index in [1.807, 2.05) is 49.1 Å². The molecule has 25 heavy (non-hydrogen) atoms. The zero-order valence-electron chi connectivity index (χ0n) is 14.7. The van der Waals surface area contributed by atoms with Gasteiger partial charge in [0.2, 0.25) is 5.69 Å². The van der Waals surface area contributed by atoms with Gasteiger partial charge < -0.3 is 14.4 Å². The van der Waals surface area contributed by atoms with Crippen molar-refractivity contribution in [1.29, 1.82) is 0 Å². The van der Waals surface area contributed by atoms with Gasteiger partial charge in [0.1, 0.15) is 0 Å². The lowest BCUT2D eigenvalue weighted by atomic mass is 10.2. The van der Waals surface area contributed by atoms with Crippen molar-refractivity contribution in [3.8, 4) is 11.4 Å². The fraction of sp³-hybridized carbons (Fsp3) is 0.444. The van der Waals surface area contributed by atoms with Crippen LogP contribution in [0.1, 0.15) is 31.3 Å². The highest BCUT2D eigenvalue weighted by molar-refractivity contribution is 5.92. The first-order chi connectivity index (χ1) is 12.1. The highest BCUT2D eigenvalue weighted by Gasteiger charge is 2.29. The SMILES string of the molecule is CCOC(=O)c1nnc(-c2ccccc2)nc1N1C[C@H](C)O[C@@H](C)C1. The Bertz CT molecular complexity index is 728. The van der Waals surface area contributed by atoms with Crippen LogP contribution in [0.25, 0.3) is 11.4 Å². The number of nitrogens with zero attached hydrogens (tertiary/aromatic N) is 4. The molecule has 7 heteroatoms. The van der Waals surface area contributed by atoms with Gasteiger partial charge in [-0.2, -0.15) is 0 Å². The summed E-state index contributed by atoms with van der Waals surface area (Å²) >= 11 is 0. The van der Waals surface area contributed by atoms with Gasteiger partial charge >= 0.3 is 5.97 Å². The third-order valence-corrected chi connectivity index (χ3v) is 3.89. The smallest absolute Gasteiger partial charge is 0.362 e. The third-order valence-electron chi connectivity index (χ3n) is 3.89. The quantitative estimate of drug-likeness (QED) is 0.789. The van der Waals surface area contributed by atoms with Gasteiger partial charge in [-0.1, -0.05) is 30.3 Å². The van der Waals surface area contributed by atoms with E-state index in [9.17, 15) is 4.79 Å². The highest BCUT2D eigenvalue weighted by atomic mass is 16.5. The van der Waals surface area contributed by atoms with Crippen LogP contribution in [-0.2, 0) is 9.47 Å². The van der Waals surface area contributed by atoms with E-state index in [1.165, 1.54) is 0 Å². The van der Waals surface area contributed by atoms with Crippen LogP contribution in [0, 0.1) is 0 Å². The fourth-order valence-electron chi connectivity index (χ4n) is 2.93. The second-order valence-corrected chi connectivity index (χ2v) is 6.06. The van der Waals surface area contributed by atoms with Crippen molar-refractivity contribution in [2.24, 2.45) is 0 Å². The number of carbonyl (C=O) groups is 1. The van der Waals surface area contributed by atoms with Gasteiger partial charge in [-0.15, -0.1) is 10.2 Å². The van der Waals surface area contributed by atoms with Crippen LogP contribution in [0.15, 0.2) is 30.3 Å². The van der Waals surface area contributed by atoms with Crippen LogP contribution in [0.5, 0.6) is 0 Å². The molecule has 0 bridgehead atoms. The maximum absolute atomic E-state index is 12.3. The van der Waals surface area contributed by atoms with Crippen LogP contribution in [-0.4, -0.2) is 53.1 Å². The summed E-state index contributed by atoms with van der Waals surface area (Å²) < 4.78 is 10.9. The molecule has 1 saturated heterocycles. The monoisotopic (exact) mass is 342 g/mol. The molecular formula is C18H22N4O3. The van der Waals surface area contributed by atoms with Gasteiger partial charge in [-0.25, -0.2) is 9.78 Å². The van der Waals surface area contributed by atoms with Gasteiger partial charge in [0.05, 0.1) is 18.8 Å². The van der Waals surface area contributed by atoms with Crippen LogP contribution >= 0.6 is 0 Å². The topological polar surface area (TPSA) is 77.4 Å².